The molecule has 24 heavy (non-hydrogen) atoms. The Bertz CT molecular complexity index is 849. The Labute approximate surface area is 151 Å². The highest BCUT2D eigenvalue weighted by Gasteiger charge is 2.19. The maximum absolute atomic E-state index is 12.3. The van der Waals surface area contributed by atoms with Crippen LogP contribution in [0.25, 0.3) is 0 Å². The monoisotopic (exact) mass is 411 g/mol. The van der Waals surface area contributed by atoms with E-state index in [2.05, 4.69) is 31.7 Å². The van der Waals surface area contributed by atoms with E-state index in [-0.39, 0.29) is 10.8 Å². The lowest BCUT2D eigenvalue weighted by atomic mass is 10.2. The zero-order valence-corrected chi connectivity index (χ0v) is 15.5. The van der Waals surface area contributed by atoms with Gasteiger partial charge in [-0.2, -0.15) is 5.10 Å². The summed E-state index contributed by atoms with van der Waals surface area (Å²) in [5.41, 5.74) is 2.15. The lowest BCUT2D eigenvalue weighted by molar-refractivity contribution is -0.384. The average molecular weight is 412 g/mol. The van der Waals surface area contributed by atoms with Crippen LogP contribution in [0.15, 0.2) is 22.7 Å². The molecular weight excluding hydrogens is 398 g/mol. The number of benzene rings is 1. The molecule has 0 aliphatic rings. The number of hydrogen-bond donors (Lipinski definition) is 2. The summed E-state index contributed by atoms with van der Waals surface area (Å²) in [5, 5.41) is 20.4. The molecule has 2 N–H and O–H groups in total. The fourth-order valence-electron chi connectivity index (χ4n) is 2.05. The van der Waals surface area contributed by atoms with E-state index in [1.165, 1.54) is 16.8 Å². The van der Waals surface area contributed by atoms with Crippen molar-refractivity contribution in [2.75, 3.05) is 5.32 Å². The Morgan fingerprint density at radius 3 is 2.62 bits per heavy atom. The van der Waals surface area contributed by atoms with Crippen LogP contribution in [0.2, 0.25) is 0 Å². The molecule has 1 aromatic heterocycles. The van der Waals surface area contributed by atoms with E-state index in [9.17, 15) is 14.9 Å². The van der Waals surface area contributed by atoms with Gasteiger partial charge in [-0.25, -0.2) is 0 Å². The zero-order chi connectivity index (χ0) is 18.0. The van der Waals surface area contributed by atoms with Crippen molar-refractivity contribution < 1.29 is 9.72 Å². The third-order valence-corrected chi connectivity index (χ3v) is 4.42. The van der Waals surface area contributed by atoms with Crippen molar-refractivity contribution in [3.05, 3.63) is 49.7 Å². The highest BCUT2D eigenvalue weighted by Crippen LogP contribution is 2.22. The number of nitro benzene ring substituents is 1. The molecule has 1 aromatic carbocycles. The molecule has 10 heteroatoms. The predicted octanol–water partition coefficient (Wildman–Crippen LogP) is 2.83. The molecule has 2 rings (SSSR count). The van der Waals surface area contributed by atoms with Crippen LogP contribution in [0.3, 0.4) is 0 Å². The summed E-state index contributed by atoms with van der Waals surface area (Å²) >= 11 is 8.43. The van der Waals surface area contributed by atoms with Crippen molar-refractivity contribution in [2.24, 2.45) is 7.05 Å². The van der Waals surface area contributed by atoms with Crippen LogP contribution >= 0.6 is 28.1 Å². The molecular formula is C14H14BrN5O3S. The van der Waals surface area contributed by atoms with E-state index in [0.717, 1.165) is 5.56 Å². The summed E-state index contributed by atoms with van der Waals surface area (Å²) in [5.74, 6) is -0.439. The quantitative estimate of drug-likeness (QED) is 0.457. The van der Waals surface area contributed by atoms with Crippen LogP contribution in [0.4, 0.5) is 11.4 Å². The Morgan fingerprint density at radius 2 is 2.08 bits per heavy atom. The molecule has 0 bridgehead atoms. The minimum absolute atomic E-state index is 0.0364. The van der Waals surface area contributed by atoms with E-state index in [1.807, 2.05) is 0 Å². The Hall–Kier alpha value is -2.33. The second-order valence-corrected chi connectivity index (χ2v) is 6.24. The summed E-state index contributed by atoms with van der Waals surface area (Å²) in [6, 6.07) is 4.36. The first-order chi connectivity index (χ1) is 11.2. The molecule has 0 radical (unpaired) electrons. The van der Waals surface area contributed by atoms with Gasteiger partial charge < -0.3 is 5.32 Å². The van der Waals surface area contributed by atoms with Crippen molar-refractivity contribution >= 4 is 50.5 Å². The minimum atomic E-state index is -0.498. The minimum Gasteiger partial charge on any atom is -0.332 e. The molecule has 0 unspecified atom stereocenters. The van der Waals surface area contributed by atoms with Crippen molar-refractivity contribution in [2.45, 2.75) is 13.8 Å². The first-order valence-electron chi connectivity index (χ1n) is 6.77. The van der Waals surface area contributed by atoms with Gasteiger partial charge in [0, 0.05) is 24.9 Å². The van der Waals surface area contributed by atoms with E-state index in [0.29, 0.717) is 21.5 Å². The SMILES string of the molecule is Cc1ccc([N+](=O)[O-])cc1NC(=S)NC(=O)c1c(Br)c(C)nn1C. The number of aromatic nitrogens is 2. The summed E-state index contributed by atoms with van der Waals surface area (Å²) in [6.07, 6.45) is 0. The number of hydrogen-bond acceptors (Lipinski definition) is 5. The van der Waals surface area contributed by atoms with Crippen LogP contribution in [0, 0.1) is 24.0 Å². The third-order valence-electron chi connectivity index (χ3n) is 3.27. The van der Waals surface area contributed by atoms with E-state index >= 15 is 0 Å². The number of non-ortho nitro benzene ring substituents is 1. The molecule has 1 amide bonds. The molecule has 126 valence electrons. The number of carbonyl (C=O) groups is 1. The average Bonchev–Trinajstić information content (AvgIpc) is 2.74. The molecule has 1 heterocycles. The Morgan fingerprint density at radius 1 is 1.42 bits per heavy atom. The van der Waals surface area contributed by atoms with Gasteiger partial charge in [0.25, 0.3) is 11.6 Å². The Kier molecular flexibility index (Phi) is 5.30. The van der Waals surface area contributed by atoms with E-state index in [1.54, 1.807) is 27.0 Å². The summed E-state index contributed by atoms with van der Waals surface area (Å²) in [4.78, 5) is 22.7. The van der Waals surface area contributed by atoms with Crippen molar-refractivity contribution in [1.29, 1.82) is 0 Å². The predicted molar refractivity (Wildman–Crippen MR) is 97.2 cm³/mol. The van der Waals surface area contributed by atoms with Gasteiger partial charge >= 0.3 is 0 Å². The van der Waals surface area contributed by atoms with E-state index < -0.39 is 10.8 Å². The summed E-state index contributed by atoms with van der Waals surface area (Å²) < 4.78 is 2.02. The number of rotatable bonds is 3. The zero-order valence-electron chi connectivity index (χ0n) is 13.1. The van der Waals surface area contributed by atoms with Crippen LogP contribution < -0.4 is 10.6 Å². The number of aryl methyl sites for hydroxylation is 3. The topological polar surface area (TPSA) is 102 Å². The summed E-state index contributed by atoms with van der Waals surface area (Å²) in [6.45, 7) is 3.54. The number of carbonyl (C=O) groups excluding carboxylic acids is 1. The van der Waals surface area contributed by atoms with Gasteiger partial charge in [0.15, 0.2) is 5.11 Å². The lowest BCUT2D eigenvalue weighted by Gasteiger charge is -2.12. The van der Waals surface area contributed by atoms with Crippen LogP contribution in [0.5, 0.6) is 0 Å². The maximum atomic E-state index is 12.3. The van der Waals surface area contributed by atoms with Gasteiger partial charge in [0.05, 0.1) is 15.1 Å². The van der Waals surface area contributed by atoms with Gasteiger partial charge in [0.2, 0.25) is 0 Å². The maximum Gasteiger partial charge on any atom is 0.276 e. The molecule has 0 aliphatic heterocycles. The fourth-order valence-corrected chi connectivity index (χ4v) is 2.77. The molecule has 0 aliphatic carbocycles. The number of anilines is 1. The van der Waals surface area contributed by atoms with Crippen LogP contribution in [0.1, 0.15) is 21.7 Å². The Balaban J connectivity index is 2.15. The number of halogens is 1. The van der Waals surface area contributed by atoms with Gasteiger partial charge in [0.1, 0.15) is 5.69 Å². The second kappa shape index (κ2) is 7.05. The van der Waals surface area contributed by atoms with Crippen LogP contribution in [-0.2, 0) is 7.05 Å². The van der Waals surface area contributed by atoms with Gasteiger partial charge in [-0.3, -0.25) is 24.9 Å². The van der Waals surface area contributed by atoms with Crippen molar-refractivity contribution in [3.63, 3.8) is 0 Å². The van der Waals surface area contributed by atoms with Gasteiger partial charge in [-0.1, -0.05) is 6.07 Å². The first kappa shape index (κ1) is 18.0. The van der Waals surface area contributed by atoms with Crippen molar-refractivity contribution in [1.82, 2.24) is 15.1 Å². The summed E-state index contributed by atoms with van der Waals surface area (Å²) in [7, 11) is 1.65. The van der Waals surface area contributed by atoms with Crippen LogP contribution in [-0.4, -0.2) is 25.7 Å². The molecule has 0 atom stereocenters. The largest absolute Gasteiger partial charge is 0.332 e. The second-order valence-electron chi connectivity index (χ2n) is 5.04. The molecule has 0 saturated heterocycles. The van der Waals surface area contributed by atoms with Gasteiger partial charge in [-0.05, 0) is 47.6 Å². The van der Waals surface area contributed by atoms with Crippen molar-refractivity contribution in [3.8, 4) is 0 Å². The number of nitrogens with one attached hydrogen (secondary N) is 2. The first-order valence-corrected chi connectivity index (χ1v) is 7.97. The molecule has 0 fully saturated rings. The standard InChI is InChI=1S/C14H14BrN5O3S/c1-7-4-5-9(20(22)23)6-10(7)16-14(24)17-13(21)12-11(15)8(2)18-19(12)3/h4-6H,1-3H3,(H2,16,17,21,24). The smallest absolute Gasteiger partial charge is 0.276 e. The lowest BCUT2D eigenvalue weighted by Crippen LogP contribution is -2.35. The number of thiocarbonyl (C=S) groups is 1. The highest BCUT2D eigenvalue weighted by atomic mass is 79.9. The molecule has 2 aromatic rings. The number of amides is 1. The van der Waals surface area contributed by atoms with E-state index in [4.69, 9.17) is 12.2 Å². The molecule has 8 nitrogen and oxygen atoms in total. The highest BCUT2D eigenvalue weighted by molar-refractivity contribution is 9.10. The normalized spacial score (nSPS) is 10.3. The molecule has 0 spiro atoms. The number of nitro groups is 1. The number of nitrogens with zero attached hydrogens (tertiary/aromatic N) is 3. The molecule has 0 saturated carbocycles. The fraction of sp³-hybridized carbons (Fsp3) is 0.214. The third kappa shape index (κ3) is 3.77. The van der Waals surface area contributed by atoms with Gasteiger partial charge in [-0.15, -0.1) is 0 Å².